The molecule has 10 nitrogen and oxygen atoms in total. The fourth-order valence-electron chi connectivity index (χ4n) is 7.00. The molecule has 2 aliphatic rings. The number of fused-ring (bicyclic) bond motifs is 2. The number of aromatic nitrogens is 4. The lowest BCUT2D eigenvalue weighted by molar-refractivity contribution is 0.00855. The number of hydrogen-bond acceptors (Lipinski definition) is 5. The summed E-state index contributed by atoms with van der Waals surface area (Å²) in [6, 6.07) is 18.8. The van der Waals surface area contributed by atoms with Crippen LogP contribution >= 0.6 is 0 Å². The zero-order valence-corrected chi connectivity index (χ0v) is 26.7. The summed E-state index contributed by atoms with van der Waals surface area (Å²) in [7, 11) is 0. The molecule has 2 saturated heterocycles. The van der Waals surface area contributed by atoms with Gasteiger partial charge in [0.05, 0.1) is 29.0 Å². The van der Waals surface area contributed by atoms with E-state index < -0.39 is 11.7 Å². The summed E-state index contributed by atoms with van der Waals surface area (Å²) >= 11 is 0. The number of rotatable bonds is 4. The highest BCUT2D eigenvalue weighted by Gasteiger charge is 2.36. The van der Waals surface area contributed by atoms with Crippen molar-refractivity contribution in [3.63, 3.8) is 0 Å². The number of hydrogen-bond donors (Lipinski definition) is 3. The Labute approximate surface area is 267 Å². The van der Waals surface area contributed by atoms with Crippen LogP contribution in [0.3, 0.4) is 0 Å². The van der Waals surface area contributed by atoms with Crippen LogP contribution in [0.25, 0.3) is 44.2 Å². The van der Waals surface area contributed by atoms with Gasteiger partial charge in [0.15, 0.2) is 0 Å². The third-order valence-electron chi connectivity index (χ3n) is 9.36. The van der Waals surface area contributed by atoms with Crippen molar-refractivity contribution >= 4 is 34.0 Å². The second-order valence-corrected chi connectivity index (χ2v) is 13.6. The average molecular weight is 621 g/mol. The van der Waals surface area contributed by atoms with E-state index in [9.17, 15) is 14.7 Å². The second kappa shape index (κ2) is 11.5. The summed E-state index contributed by atoms with van der Waals surface area (Å²) < 4.78 is 5.68. The number of imidazole rings is 2. The maximum Gasteiger partial charge on any atom is 0.410 e. The van der Waals surface area contributed by atoms with Crippen molar-refractivity contribution < 1.29 is 19.4 Å². The van der Waals surface area contributed by atoms with Gasteiger partial charge >= 0.3 is 12.2 Å². The van der Waals surface area contributed by atoms with Gasteiger partial charge in [-0.1, -0.05) is 30.3 Å². The number of nitrogens with one attached hydrogen (secondary N) is 2. The zero-order valence-electron chi connectivity index (χ0n) is 26.7. The zero-order chi connectivity index (χ0) is 32.2. The van der Waals surface area contributed by atoms with Crippen molar-refractivity contribution in [3.05, 3.63) is 72.4 Å². The molecule has 3 unspecified atom stereocenters. The van der Waals surface area contributed by atoms with Gasteiger partial charge in [-0.15, -0.1) is 0 Å². The molecule has 3 atom stereocenters. The van der Waals surface area contributed by atoms with Crippen molar-refractivity contribution in [2.24, 2.45) is 0 Å². The van der Waals surface area contributed by atoms with Crippen LogP contribution in [0.5, 0.6) is 0 Å². The van der Waals surface area contributed by atoms with E-state index in [2.05, 4.69) is 76.5 Å². The summed E-state index contributed by atoms with van der Waals surface area (Å²) in [6.07, 6.45) is 4.10. The van der Waals surface area contributed by atoms with Gasteiger partial charge in [-0.05, 0) is 99.5 Å². The Hall–Kier alpha value is -4.86. The summed E-state index contributed by atoms with van der Waals surface area (Å²) in [4.78, 5) is 44.2. The van der Waals surface area contributed by atoms with Crippen LogP contribution < -0.4 is 0 Å². The minimum Gasteiger partial charge on any atom is -0.465 e. The largest absolute Gasteiger partial charge is 0.465 e. The van der Waals surface area contributed by atoms with E-state index in [1.54, 1.807) is 6.20 Å². The Bertz CT molecular complexity index is 1940. The number of carbonyl (C=O) groups is 2. The molecule has 3 aromatic carbocycles. The maximum atomic E-state index is 12.9. The molecule has 3 N–H and O–H groups in total. The molecule has 46 heavy (non-hydrogen) atoms. The summed E-state index contributed by atoms with van der Waals surface area (Å²) in [5.41, 5.74) is 5.44. The molecule has 0 spiro atoms. The number of ether oxygens (including phenoxy) is 1. The Morgan fingerprint density at radius 2 is 1.54 bits per heavy atom. The van der Waals surface area contributed by atoms with Crippen LogP contribution in [0.15, 0.2) is 60.8 Å². The molecule has 0 saturated carbocycles. The molecular weight excluding hydrogens is 580 g/mol. The number of piperidine rings is 1. The highest BCUT2D eigenvalue weighted by atomic mass is 16.6. The average Bonchev–Trinajstić information content (AvgIpc) is 3.79. The number of carboxylic acid groups (broad SMARTS) is 1. The van der Waals surface area contributed by atoms with E-state index in [0.717, 1.165) is 75.7 Å². The highest BCUT2D eigenvalue weighted by molar-refractivity contribution is 5.91. The van der Waals surface area contributed by atoms with Crippen LogP contribution in [-0.2, 0) is 4.74 Å². The van der Waals surface area contributed by atoms with Crippen molar-refractivity contribution in [1.29, 1.82) is 0 Å². The molecule has 5 aromatic rings. The van der Waals surface area contributed by atoms with E-state index in [1.807, 2.05) is 25.7 Å². The first kappa shape index (κ1) is 29.8. The Morgan fingerprint density at radius 1 is 0.870 bits per heavy atom. The molecule has 0 aliphatic carbocycles. The van der Waals surface area contributed by atoms with Gasteiger partial charge in [-0.3, -0.25) is 4.90 Å². The molecule has 0 bridgehead atoms. The highest BCUT2D eigenvalue weighted by Crippen LogP contribution is 2.35. The van der Waals surface area contributed by atoms with Gasteiger partial charge in [-0.2, -0.15) is 0 Å². The van der Waals surface area contributed by atoms with E-state index in [1.165, 1.54) is 4.90 Å². The first-order valence-electron chi connectivity index (χ1n) is 16.1. The van der Waals surface area contributed by atoms with Crippen molar-refractivity contribution in [2.75, 3.05) is 13.1 Å². The first-order chi connectivity index (χ1) is 22.0. The maximum absolute atomic E-state index is 12.9. The minimum atomic E-state index is -0.903. The Balaban J connectivity index is 1.10. The van der Waals surface area contributed by atoms with E-state index >= 15 is 0 Å². The second-order valence-electron chi connectivity index (χ2n) is 13.6. The Morgan fingerprint density at radius 3 is 2.30 bits per heavy atom. The first-order valence-corrected chi connectivity index (χ1v) is 16.1. The predicted octanol–water partition coefficient (Wildman–Crippen LogP) is 8.09. The molecule has 7 rings (SSSR count). The molecule has 238 valence electrons. The number of amides is 2. The lowest BCUT2D eigenvalue weighted by Crippen LogP contribution is -2.48. The molecular formula is C36H40N6O4. The van der Waals surface area contributed by atoms with Gasteiger partial charge in [0.2, 0.25) is 0 Å². The predicted molar refractivity (Wildman–Crippen MR) is 178 cm³/mol. The molecule has 0 radical (unpaired) electrons. The Kier molecular flexibility index (Phi) is 7.45. The van der Waals surface area contributed by atoms with Crippen molar-refractivity contribution in [3.8, 4) is 22.4 Å². The van der Waals surface area contributed by atoms with Gasteiger partial charge in [0.1, 0.15) is 17.2 Å². The molecule has 2 fully saturated rings. The SMILES string of the molecule is CC1C(c2nc3ccc(-c4ccc5cc(-c6cnc(C7CCCN7C(=O)O)[nH]6)ccc5c4)cc3[nH]2)CCCN1C(=O)OC(C)(C)C. The summed E-state index contributed by atoms with van der Waals surface area (Å²) in [5, 5.41) is 11.8. The van der Waals surface area contributed by atoms with Crippen LogP contribution in [0, 0.1) is 0 Å². The number of aromatic amines is 2. The van der Waals surface area contributed by atoms with Gasteiger partial charge < -0.3 is 24.7 Å². The molecule has 10 heteroatoms. The smallest absolute Gasteiger partial charge is 0.410 e. The van der Waals surface area contributed by atoms with Crippen molar-refractivity contribution in [2.45, 2.75) is 77.0 Å². The van der Waals surface area contributed by atoms with E-state index in [-0.39, 0.29) is 24.1 Å². The van der Waals surface area contributed by atoms with Gasteiger partial charge in [0, 0.05) is 30.6 Å². The fourth-order valence-corrected chi connectivity index (χ4v) is 7.00. The van der Waals surface area contributed by atoms with E-state index in [4.69, 9.17) is 9.72 Å². The number of carbonyl (C=O) groups excluding carboxylic acids is 1. The third kappa shape index (κ3) is 5.68. The molecule has 2 amide bonds. The fraction of sp³-hybridized carbons (Fsp3) is 0.389. The standard InChI is InChI=1S/C36H40N6O4/c1-21-27(7-5-15-41(21)35(45)46-36(2,3)4)32-38-28-14-13-25(19-29(28)39-32)23-9-10-24-18-26(12-11-22(24)17-23)30-20-37-33(40-30)31-8-6-16-42(31)34(43)44/h9-14,17-21,27,31H,5-8,15-16H2,1-4H3,(H,37,40)(H,38,39)(H,43,44). The quantitative estimate of drug-likeness (QED) is 0.186. The lowest BCUT2D eigenvalue weighted by atomic mass is 9.90. The molecule has 2 aliphatic heterocycles. The lowest BCUT2D eigenvalue weighted by Gasteiger charge is -2.39. The van der Waals surface area contributed by atoms with Gasteiger partial charge in [0.25, 0.3) is 0 Å². The summed E-state index contributed by atoms with van der Waals surface area (Å²) in [6.45, 7) is 9.00. The molecule has 4 heterocycles. The normalized spacial score (nSPS) is 20.5. The topological polar surface area (TPSA) is 127 Å². The number of likely N-dealkylation sites (tertiary alicyclic amines) is 2. The van der Waals surface area contributed by atoms with Gasteiger partial charge in [-0.25, -0.2) is 19.6 Å². The number of H-pyrrole nitrogens is 2. The van der Waals surface area contributed by atoms with Crippen LogP contribution in [0.2, 0.25) is 0 Å². The monoisotopic (exact) mass is 620 g/mol. The van der Waals surface area contributed by atoms with Crippen molar-refractivity contribution in [1.82, 2.24) is 29.7 Å². The van der Waals surface area contributed by atoms with Crippen LogP contribution in [-0.4, -0.2) is 71.8 Å². The van der Waals surface area contributed by atoms with E-state index in [0.29, 0.717) is 18.9 Å². The minimum absolute atomic E-state index is 0.0236. The molecule has 2 aromatic heterocycles. The number of nitrogens with zero attached hydrogens (tertiary/aromatic N) is 4. The number of benzene rings is 3. The van der Waals surface area contributed by atoms with Crippen LogP contribution in [0.4, 0.5) is 9.59 Å². The van der Waals surface area contributed by atoms with Crippen LogP contribution in [0.1, 0.15) is 77.0 Å². The third-order valence-corrected chi connectivity index (χ3v) is 9.36. The summed E-state index contributed by atoms with van der Waals surface area (Å²) in [5.74, 6) is 1.71.